The van der Waals surface area contributed by atoms with Crippen LogP contribution in [0.25, 0.3) is 94.6 Å². The van der Waals surface area contributed by atoms with Gasteiger partial charge in [0.1, 0.15) is 0 Å². The maximum atomic E-state index is 5.30. The van der Waals surface area contributed by atoms with Gasteiger partial charge in [0, 0.05) is 49.5 Å². The average Bonchev–Trinajstić information content (AvgIpc) is 3.54. The summed E-state index contributed by atoms with van der Waals surface area (Å²) in [6.07, 6.45) is 0. The molecular formula is C46H29N5. The number of para-hydroxylation sites is 3. The third kappa shape index (κ3) is 4.94. The molecule has 7 aromatic carbocycles. The number of nitrogens with zero attached hydrogens (tertiary/aromatic N) is 5. The standard InChI is InChI=1S/C46H29N5/c1-4-14-31(15-5-1)44-48-45(32-16-6-2-7-17-32)50-46(49-44)33-26-24-30(25-27-33)43-39-29-42-38(28-37(39)35-20-10-12-22-40(35)47-43)36-21-11-13-23-41(36)51(42)34-18-8-3-9-19-34/h1-29H. The fraction of sp³-hybridized carbons (Fsp3) is 0. The first-order valence-corrected chi connectivity index (χ1v) is 17.1. The summed E-state index contributed by atoms with van der Waals surface area (Å²) < 4.78 is 2.36. The second-order valence-corrected chi connectivity index (χ2v) is 12.7. The number of fused-ring (bicyclic) bond motifs is 6. The van der Waals surface area contributed by atoms with Crippen LogP contribution in [0, 0.1) is 0 Å². The van der Waals surface area contributed by atoms with E-state index in [1.807, 2.05) is 60.7 Å². The first-order valence-electron chi connectivity index (χ1n) is 17.1. The molecule has 0 unspecified atom stereocenters. The van der Waals surface area contributed by atoms with Crippen molar-refractivity contribution in [3.8, 4) is 51.1 Å². The molecule has 0 N–H and O–H groups in total. The van der Waals surface area contributed by atoms with Gasteiger partial charge in [-0.05, 0) is 41.8 Å². The van der Waals surface area contributed by atoms with Crippen LogP contribution in [0.15, 0.2) is 176 Å². The molecule has 0 bridgehead atoms. The van der Waals surface area contributed by atoms with Gasteiger partial charge in [-0.3, -0.25) is 0 Å². The van der Waals surface area contributed by atoms with Crippen LogP contribution in [-0.4, -0.2) is 24.5 Å². The molecule has 51 heavy (non-hydrogen) atoms. The Morgan fingerprint density at radius 1 is 0.314 bits per heavy atom. The van der Waals surface area contributed by atoms with E-state index in [0.29, 0.717) is 17.5 Å². The number of hydrogen-bond acceptors (Lipinski definition) is 4. The number of rotatable bonds is 5. The lowest BCUT2D eigenvalue weighted by Gasteiger charge is -2.13. The highest BCUT2D eigenvalue weighted by Gasteiger charge is 2.18. The molecule has 3 aromatic heterocycles. The quantitative estimate of drug-likeness (QED) is 0.174. The van der Waals surface area contributed by atoms with Gasteiger partial charge in [-0.2, -0.15) is 0 Å². The zero-order valence-electron chi connectivity index (χ0n) is 27.5. The number of hydrogen-bond donors (Lipinski definition) is 0. The van der Waals surface area contributed by atoms with Crippen molar-refractivity contribution in [1.29, 1.82) is 0 Å². The second kappa shape index (κ2) is 11.9. The molecule has 10 aromatic rings. The van der Waals surface area contributed by atoms with Crippen molar-refractivity contribution >= 4 is 43.5 Å². The molecule has 5 nitrogen and oxygen atoms in total. The molecule has 3 heterocycles. The number of aromatic nitrogens is 5. The maximum absolute atomic E-state index is 5.30. The van der Waals surface area contributed by atoms with Gasteiger partial charge in [-0.15, -0.1) is 0 Å². The molecule has 238 valence electrons. The summed E-state index contributed by atoms with van der Waals surface area (Å²) in [5.74, 6) is 1.91. The lowest BCUT2D eigenvalue weighted by molar-refractivity contribution is 1.07. The molecule has 0 amide bonds. The van der Waals surface area contributed by atoms with Crippen molar-refractivity contribution in [2.75, 3.05) is 0 Å². The average molecular weight is 652 g/mol. The molecule has 5 heteroatoms. The third-order valence-electron chi connectivity index (χ3n) is 9.62. The van der Waals surface area contributed by atoms with E-state index in [2.05, 4.69) is 120 Å². The van der Waals surface area contributed by atoms with Crippen LogP contribution in [0.5, 0.6) is 0 Å². The molecule has 0 atom stereocenters. The predicted octanol–water partition coefficient (Wildman–Crippen LogP) is 11.3. The van der Waals surface area contributed by atoms with Crippen molar-refractivity contribution in [3.05, 3.63) is 176 Å². The van der Waals surface area contributed by atoms with E-state index in [0.717, 1.165) is 55.4 Å². The Labute approximate surface area is 294 Å². The molecule has 0 aliphatic heterocycles. The van der Waals surface area contributed by atoms with E-state index in [-0.39, 0.29) is 0 Å². The van der Waals surface area contributed by atoms with Crippen molar-refractivity contribution in [1.82, 2.24) is 24.5 Å². The van der Waals surface area contributed by atoms with E-state index in [1.165, 1.54) is 21.7 Å². The van der Waals surface area contributed by atoms with Gasteiger partial charge in [0.2, 0.25) is 0 Å². The normalized spacial score (nSPS) is 11.5. The summed E-state index contributed by atoms with van der Waals surface area (Å²) in [5.41, 5.74) is 9.19. The van der Waals surface area contributed by atoms with E-state index < -0.39 is 0 Å². The fourth-order valence-electron chi connectivity index (χ4n) is 7.20. The van der Waals surface area contributed by atoms with Gasteiger partial charge < -0.3 is 4.57 Å². The van der Waals surface area contributed by atoms with Crippen LogP contribution in [0.3, 0.4) is 0 Å². The number of benzene rings is 7. The molecule has 0 saturated carbocycles. The Morgan fingerprint density at radius 3 is 1.47 bits per heavy atom. The molecule has 0 fully saturated rings. The minimum absolute atomic E-state index is 0.625. The first-order chi connectivity index (χ1) is 25.3. The monoisotopic (exact) mass is 651 g/mol. The van der Waals surface area contributed by atoms with E-state index in [9.17, 15) is 0 Å². The molecule has 10 rings (SSSR count). The molecule has 0 aliphatic carbocycles. The third-order valence-corrected chi connectivity index (χ3v) is 9.62. The number of pyridine rings is 1. The molecule has 0 spiro atoms. The summed E-state index contributed by atoms with van der Waals surface area (Å²) in [7, 11) is 0. The highest BCUT2D eigenvalue weighted by molar-refractivity contribution is 6.20. The smallest absolute Gasteiger partial charge is 0.164 e. The summed E-state index contributed by atoms with van der Waals surface area (Å²) >= 11 is 0. The van der Waals surface area contributed by atoms with Crippen LogP contribution < -0.4 is 0 Å². The van der Waals surface area contributed by atoms with Crippen LogP contribution in [0.1, 0.15) is 0 Å². The Hall–Kier alpha value is -6.98. The highest BCUT2D eigenvalue weighted by atomic mass is 15.0. The van der Waals surface area contributed by atoms with Crippen molar-refractivity contribution < 1.29 is 0 Å². The summed E-state index contributed by atoms with van der Waals surface area (Å²) in [5, 5.41) is 5.87. The molecule has 0 aliphatic rings. The molecular weight excluding hydrogens is 623 g/mol. The van der Waals surface area contributed by atoms with Crippen LogP contribution in [0.2, 0.25) is 0 Å². The van der Waals surface area contributed by atoms with Crippen LogP contribution in [-0.2, 0) is 0 Å². The van der Waals surface area contributed by atoms with Crippen LogP contribution >= 0.6 is 0 Å². The van der Waals surface area contributed by atoms with Crippen molar-refractivity contribution in [2.24, 2.45) is 0 Å². The zero-order valence-corrected chi connectivity index (χ0v) is 27.5. The summed E-state index contributed by atoms with van der Waals surface area (Å²) in [6, 6.07) is 61.0. The first kappa shape index (κ1) is 29.0. The Balaban J connectivity index is 1.17. The summed E-state index contributed by atoms with van der Waals surface area (Å²) in [6.45, 7) is 0. The van der Waals surface area contributed by atoms with E-state index >= 15 is 0 Å². The lowest BCUT2D eigenvalue weighted by atomic mass is 9.97. The minimum Gasteiger partial charge on any atom is -0.309 e. The Morgan fingerprint density at radius 2 is 0.824 bits per heavy atom. The Bertz CT molecular complexity index is 2820. The van der Waals surface area contributed by atoms with Gasteiger partial charge in [-0.25, -0.2) is 19.9 Å². The van der Waals surface area contributed by atoms with Gasteiger partial charge in [0.15, 0.2) is 17.5 Å². The van der Waals surface area contributed by atoms with Gasteiger partial charge in [0.25, 0.3) is 0 Å². The highest BCUT2D eigenvalue weighted by Crippen LogP contribution is 2.40. The van der Waals surface area contributed by atoms with Crippen molar-refractivity contribution in [2.45, 2.75) is 0 Å². The summed E-state index contributed by atoms with van der Waals surface area (Å²) in [4.78, 5) is 20.1. The largest absolute Gasteiger partial charge is 0.309 e. The van der Waals surface area contributed by atoms with E-state index in [1.54, 1.807) is 0 Å². The Kier molecular flexibility index (Phi) is 6.74. The topological polar surface area (TPSA) is 56.5 Å². The predicted molar refractivity (Wildman–Crippen MR) is 209 cm³/mol. The van der Waals surface area contributed by atoms with Crippen molar-refractivity contribution in [3.63, 3.8) is 0 Å². The SMILES string of the molecule is c1ccc(-c2nc(-c3ccccc3)nc(-c3ccc(-c4nc5ccccc5c5cc6c7ccccc7n(-c7ccccc7)c6cc45)cc3)n2)cc1. The fourth-order valence-corrected chi connectivity index (χ4v) is 7.20. The van der Waals surface area contributed by atoms with Gasteiger partial charge >= 0.3 is 0 Å². The lowest BCUT2D eigenvalue weighted by Crippen LogP contribution is -2.00. The second-order valence-electron chi connectivity index (χ2n) is 12.7. The van der Waals surface area contributed by atoms with Gasteiger partial charge in [-0.1, -0.05) is 140 Å². The van der Waals surface area contributed by atoms with E-state index in [4.69, 9.17) is 19.9 Å². The minimum atomic E-state index is 0.625. The molecule has 0 saturated heterocycles. The zero-order chi connectivity index (χ0) is 33.7. The van der Waals surface area contributed by atoms with Crippen LogP contribution in [0.4, 0.5) is 0 Å². The van der Waals surface area contributed by atoms with Gasteiger partial charge in [0.05, 0.1) is 22.2 Å². The maximum Gasteiger partial charge on any atom is 0.164 e. The molecule has 0 radical (unpaired) electrons.